The Morgan fingerprint density at radius 2 is 1.76 bits per heavy atom. The van der Waals surface area contributed by atoms with Gasteiger partial charge in [-0.25, -0.2) is 14.5 Å². The molecule has 234 valence electrons. The molecule has 0 aliphatic carbocycles. The molecule has 1 saturated heterocycles. The van der Waals surface area contributed by atoms with Crippen LogP contribution < -0.4 is 15.0 Å². The van der Waals surface area contributed by atoms with Crippen LogP contribution in [0.3, 0.4) is 0 Å². The lowest BCUT2D eigenvalue weighted by atomic mass is 10.0. The number of urea groups is 1. The summed E-state index contributed by atoms with van der Waals surface area (Å²) >= 11 is 1.25. The van der Waals surface area contributed by atoms with E-state index in [1.807, 2.05) is 55.5 Å². The number of amidine groups is 1. The predicted octanol–water partition coefficient (Wildman–Crippen LogP) is 7.12. The van der Waals surface area contributed by atoms with E-state index >= 15 is 0 Å². The van der Waals surface area contributed by atoms with Crippen molar-refractivity contribution in [2.75, 3.05) is 10.7 Å². The number of aryl methyl sites for hydroxylation is 1. The molecule has 3 amide bonds. The molecule has 1 unspecified atom stereocenters. The average Bonchev–Trinajstić information content (AvgIpc) is 3.63. The number of hydrogen-bond acceptors (Lipinski definition) is 6. The minimum absolute atomic E-state index is 0.105. The summed E-state index contributed by atoms with van der Waals surface area (Å²) in [5, 5.41) is 7.71. The summed E-state index contributed by atoms with van der Waals surface area (Å²) in [6.07, 6.45) is -1.90. The molecule has 0 bridgehead atoms. The van der Waals surface area contributed by atoms with E-state index in [9.17, 15) is 22.8 Å². The lowest BCUT2D eigenvalue weighted by molar-refractivity contribution is -0.274. The number of carbonyl (C=O) groups excluding carboxylic acids is 2. The van der Waals surface area contributed by atoms with Gasteiger partial charge in [-0.3, -0.25) is 9.69 Å². The highest BCUT2D eigenvalue weighted by Gasteiger charge is 2.32. The lowest BCUT2D eigenvalue weighted by Crippen LogP contribution is -2.34. The second kappa shape index (κ2) is 13.6. The van der Waals surface area contributed by atoms with Gasteiger partial charge >= 0.3 is 12.4 Å². The number of nitrogens with one attached hydrogen (secondary N) is 1. The molecule has 4 aromatic rings. The van der Waals surface area contributed by atoms with Crippen molar-refractivity contribution in [1.82, 2.24) is 20.1 Å². The van der Waals surface area contributed by atoms with Gasteiger partial charge in [0.1, 0.15) is 12.1 Å². The van der Waals surface area contributed by atoms with Crippen LogP contribution in [0, 0.1) is 0 Å². The second-order valence-electron chi connectivity index (χ2n) is 10.8. The molecule has 0 saturated carbocycles. The first-order chi connectivity index (χ1) is 21.5. The van der Waals surface area contributed by atoms with E-state index < -0.39 is 12.4 Å². The smallest absolute Gasteiger partial charge is 0.406 e. The predicted molar refractivity (Wildman–Crippen MR) is 168 cm³/mol. The number of amides is 3. The molecule has 1 aliphatic rings. The van der Waals surface area contributed by atoms with E-state index in [0.29, 0.717) is 29.5 Å². The SMILES string of the molecule is CC(CCc1ccc(-c2ncn(-c3ccc(OC(F)(F)F)cc3)n2)cc1)NC(=O)N=C1SCC(=O)N1c1ccccc1C(C)C. The first-order valence-electron chi connectivity index (χ1n) is 14.3. The minimum atomic E-state index is -4.75. The van der Waals surface area contributed by atoms with Crippen molar-refractivity contribution in [2.24, 2.45) is 4.99 Å². The molecule has 1 atom stereocenters. The Kier molecular flexibility index (Phi) is 9.57. The summed E-state index contributed by atoms with van der Waals surface area (Å²) in [5.41, 5.74) is 4.13. The van der Waals surface area contributed by atoms with E-state index in [1.165, 1.54) is 51.9 Å². The maximum absolute atomic E-state index is 12.8. The summed E-state index contributed by atoms with van der Waals surface area (Å²) in [6, 6.07) is 20.1. The van der Waals surface area contributed by atoms with Gasteiger partial charge in [0.15, 0.2) is 11.0 Å². The number of rotatable bonds is 9. The quantitative estimate of drug-likeness (QED) is 0.210. The van der Waals surface area contributed by atoms with Gasteiger partial charge in [0.2, 0.25) is 5.91 Å². The molecule has 9 nitrogen and oxygen atoms in total. The van der Waals surface area contributed by atoms with Crippen molar-refractivity contribution in [2.45, 2.75) is 51.9 Å². The Balaban J connectivity index is 1.15. The molecule has 1 aliphatic heterocycles. The van der Waals surface area contributed by atoms with Crippen LogP contribution in [0.4, 0.5) is 23.7 Å². The van der Waals surface area contributed by atoms with Crippen LogP contribution in [0.15, 0.2) is 84.1 Å². The third-order valence-corrected chi connectivity index (χ3v) is 7.96. The molecule has 2 heterocycles. The van der Waals surface area contributed by atoms with Gasteiger partial charge in [-0.1, -0.05) is 68.1 Å². The van der Waals surface area contributed by atoms with Crippen molar-refractivity contribution in [1.29, 1.82) is 0 Å². The van der Waals surface area contributed by atoms with Crippen LogP contribution >= 0.6 is 11.8 Å². The topological polar surface area (TPSA) is 102 Å². The number of benzene rings is 3. The van der Waals surface area contributed by atoms with Crippen LogP contribution in [0.5, 0.6) is 5.75 Å². The fourth-order valence-electron chi connectivity index (χ4n) is 4.79. The summed E-state index contributed by atoms with van der Waals surface area (Å²) < 4.78 is 42.6. The van der Waals surface area contributed by atoms with Gasteiger partial charge in [-0.2, -0.15) is 4.99 Å². The highest BCUT2D eigenvalue weighted by molar-refractivity contribution is 8.15. The number of aliphatic imine (C=N–C) groups is 1. The maximum Gasteiger partial charge on any atom is 0.573 e. The molecular formula is C32H31F3N6O3S. The van der Waals surface area contributed by atoms with Gasteiger partial charge in [0, 0.05) is 11.6 Å². The monoisotopic (exact) mass is 636 g/mol. The number of aromatic nitrogens is 3. The van der Waals surface area contributed by atoms with Gasteiger partial charge < -0.3 is 10.1 Å². The number of para-hydroxylation sites is 1. The standard InChI is InChI=1S/C32H31F3N6O3S/c1-20(2)26-6-4-5-7-27(26)41-28(42)18-45-31(41)38-30(43)37-21(3)8-9-22-10-12-23(13-11-22)29-36-19-40(39-29)24-14-16-25(17-15-24)44-32(33,34)35/h4-7,10-17,19-21H,8-9,18H2,1-3H3,(H,37,43). The lowest BCUT2D eigenvalue weighted by Gasteiger charge is -2.21. The number of anilines is 1. The van der Waals surface area contributed by atoms with Crippen molar-refractivity contribution in [3.8, 4) is 22.8 Å². The number of nitrogens with zero attached hydrogens (tertiary/aromatic N) is 5. The Morgan fingerprint density at radius 1 is 1.04 bits per heavy atom. The number of halogens is 3. The maximum atomic E-state index is 12.8. The van der Waals surface area contributed by atoms with Gasteiger partial charge in [0.25, 0.3) is 0 Å². The van der Waals surface area contributed by atoms with E-state index in [0.717, 1.165) is 22.4 Å². The van der Waals surface area contributed by atoms with Crippen molar-refractivity contribution >= 4 is 34.6 Å². The number of alkyl halides is 3. The first kappa shape index (κ1) is 31.8. The normalized spacial score (nSPS) is 15.1. The molecule has 3 aromatic carbocycles. The Labute approximate surface area is 262 Å². The Hall–Kier alpha value is -4.65. The Bertz CT molecular complexity index is 1690. The van der Waals surface area contributed by atoms with Gasteiger partial charge in [-0.15, -0.1) is 18.3 Å². The zero-order chi connectivity index (χ0) is 32.1. The van der Waals surface area contributed by atoms with Crippen molar-refractivity contribution in [3.63, 3.8) is 0 Å². The van der Waals surface area contributed by atoms with Crippen molar-refractivity contribution in [3.05, 3.63) is 90.3 Å². The van der Waals surface area contributed by atoms with Gasteiger partial charge in [0.05, 0.1) is 17.1 Å². The molecule has 5 rings (SSSR count). The zero-order valence-corrected chi connectivity index (χ0v) is 25.6. The number of thioether (sulfide) groups is 1. The highest BCUT2D eigenvalue weighted by atomic mass is 32.2. The third-order valence-electron chi connectivity index (χ3n) is 7.04. The highest BCUT2D eigenvalue weighted by Crippen LogP contribution is 2.33. The molecule has 13 heteroatoms. The van der Waals surface area contributed by atoms with E-state index in [-0.39, 0.29) is 29.4 Å². The fraction of sp³-hybridized carbons (Fsp3) is 0.281. The molecule has 1 fully saturated rings. The number of carbonyl (C=O) groups is 2. The largest absolute Gasteiger partial charge is 0.573 e. The zero-order valence-electron chi connectivity index (χ0n) is 24.8. The molecule has 1 N–H and O–H groups in total. The molecular weight excluding hydrogens is 605 g/mol. The first-order valence-corrected chi connectivity index (χ1v) is 15.3. The molecule has 0 spiro atoms. The van der Waals surface area contributed by atoms with E-state index in [4.69, 9.17) is 0 Å². The summed E-state index contributed by atoms with van der Waals surface area (Å²) in [5.74, 6) is 0.474. The summed E-state index contributed by atoms with van der Waals surface area (Å²) in [4.78, 5) is 35.6. The summed E-state index contributed by atoms with van der Waals surface area (Å²) in [7, 11) is 0. The fourth-order valence-corrected chi connectivity index (χ4v) is 5.65. The van der Waals surface area contributed by atoms with E-state index in [2.05, 4.69) is 39.0 Å². The molecule has 0 radical (unpaired) electrons. The molecule has 45 heavy (non-hydrogen) atoms. The Morgan fingerprint density at radius 3 is 2.44 bits per heavy atom. The van der Waals surface area contributed by atoms with Crippen LogP contribution in [0.1, 0.15) is 44.2 Å². The van der Waals surface area contributed by atoms with Crippen LogP contribution in [-0.4, -0.2) is 50.0 Å². The summed E-state index contributed by atoms with van der Waals surface area (Å²) in [6.45, 7) is 6.02. The van der Waals surface area contributed by atoms with Gasteiger partial charge in [-0.05, 0) is 67.1 Å². The average molecular weight is 637 g/mol. The van der Waals surface area contributed by atoms with Crippen LogP contribution in [-0.2, 0) is 11.2 Å². The van der Waals surface area contributed by atoms with E-state index in [1.54, 1.807) is 0 Å². The van der Waals surface area contributed by atoms with Crippen molar-refractivity contribution < 1.29 is 27.5 Å². The van der Waals surface area contributed by atoms with Crippen LogP contribution in [0.2, 0.25) is 0 Å². The number of ether oxygens (including phenoxy) is 1. The minimum Gasteiger partial charge on any atom is -0.406 e. The molecule has 1 aromatic heterocycles. The third kappa shape index (κ3) is 8.09. The van der Waals surface area contributed by atoms with Crippen LogP contribution in [0.25, 0.3) is 17.1 Å². The second-order valence-corrected chi connectivity index (χ2v) is 11.7. The number of hydrogen-bond donors (Lipinski definition) is 1.